The Bertz CT molecular complexity index is 557. The van der Waals surface area contributed by atoms with E-state index >= 15 is 0 Å². The first-order valence-corrected chi connectivity index (χ1v) is 8.35. The van der Waals surface area contributed by atoms with Gasteiger partial charge in [-0.25, -0.2) is 0 Å². The molecule has 0 N–H and O–H groups in total. The maximum Gasteiger partial charge on any atom is 0.416 e. The second-order valence-corrected chi connectivity index (χ2v) is 6.73. The molecule has 1 amide bonds. The van der Waals surface area contributed by atoms with Crippen LogP contribution >= 0.6 is 0 Å². The molecular weight excluding hydrogens is 317 g/mol. The van der Waals surface area contributed by atoms with Crippen LogP contribution in [-0.4, -0.2) is 49.4 Å². The largest absolute Gasteiger partial charge is 0.416 e. The van der Waals surface area contributed by atoms with Crippen LogP contribution in [-0.2, 0) is 17.4 Å². The third-order valence-electron chi connectivity index (χ3n) is 4.61. The highest BCUT2D eigenvalue weighted by Gasteiger charge is 2.33. The summed E-state index contributed by atoms with van der Waals surface area (Å²) < 4.78 is 39.1. The number of nitrogens with zero attached hydrogens (tertiary/aromatic N) is 2. The molecule has 134 valence electrons. The highest BCUT2D eigenvalue weighted by molar-refractivity contribution is 5.77. The van der Waals surface area contributed by atoms with Crippen molar-refractivity contribution in [3.8, 4) is 0 Å². The van der Waals surface area contributed by atoms with Gasteiger partial charge in [0, 0.05) is 20.6 Å². The zero-order valence-corrected chi connectivity index (χ0v) is 14.3. The van der Waals surface area contributed by atoms with Crippen LogP contribution < -0.4 is 0 Å². The first-order chi connectivity index (χ1) is 11.3. The number of carbonyl (C=O) groups is 1. The van der Waals surface area contributed by atoms with Crippen molar-refractivity contribution in [3.63, 3.8) is 0 Å². The van der Waals surface area contributed by atoms with Crippen LogP contribution in [0.4, 0.5) is 13.2 Å². The maximum atomic E-state index is 13.0. The monoisotopic (exact) mass is 342 g/mol. The summed E-state index contributed by atoms with van der Waals surface area (Å²) in [6, 6.07) is 5.81. The molecule has 0 radical (unpaired) electrons. The number of halogens is 3. The molecular formula is C18H25F3N2O. The zero-order valence-electron chi connectivity index (χ0n) is 14.3. The molecule has 1 aliphatic rings. The van der Waals surface area contributed by atoms with Gasteiger partial charge in [-0.3, -0.25) is 9.69 Å². The summed E-state index contributed by atoms with van der Waals surface area (Å²) in [5.74, 6) is 0.410. The Hall–Kier alpha value is -1.56. The van der Waals surface area contributed by atoms with E-state index in [2.05, 4.69) is 4.90 Å². The van der Waals surface area contributed by atoms with Crippen molar-refractivity contribution in [2.75, 3.05) is 33.7 Å². The summed E-state index contributed by atoms with van der Waals surface area (Å²) in [4.78, 5) is 15.5. The molecule has 2 rings (SSSR count). The Balaban J connectivity index is 1.92. The Morgan fingerprint density at radius 3 is 2.67 bits per heavy atom. The van der Waals surface area contributed by atoms with Crippen LogP contribution in [0, 0.1) is 5.92 Å². The van der Waals surface area contributed by atoms with E-state index in [4.69, 9.17) is 0 Å². The molecule has 1 fully saturated rings. The van der Waals surface area contributed by atoms with Gasteiger partial charge in [0.05, 0.1) is 12.1 Å². The minimum absolute atomic E-state index is 0.0677. The average Bonchev–Trinajstić information content (AvgIpc) is 2.52. The first-order valence-electron chi connectivity index (χ1n) is 8.35. The van der Waals surface area contributed by atoms with E-state index in [1.54, 1.807) is 31.1 Å². The van der Waals surface area contributed by atoms with E-state index < -0.39 is 11.7 Å². The Kier molecular flexibility index (Phi) is 6.27. The second-order valence-electron chi connectivity index (χ2n) is 6.73. The number of carbonyl (C=O) groups excluding carboxylic acids is 1. The SMILES string of the molecule is CN(C)C(=O)CN1CCCC(CCc2ccccc2C(F)(F)F)C1. The Morgan fingerprint density at radius 1 is 1.29 bits per heavy atom. The van der Waals surface area contributed by atoms with E-state index in [9.17, 15) is 18.0 Å². The van der Waals surface area contributed by atoms with E-state index in [-0.39, 0.29) is 5.91 Å². The number of amides is 1. The third kappa shape index (κ3) is 5.23. The van der Waals surface area contributed by atoms with Crippen LogP contribution in [0.1, 0.15) is 30.4 Å². The van der Waals surface area contributed by atoms with Gasteiger partial charge in [0.15, 0.2) is 0 Å². The standard InChI is InChI=1S/C18H25F3N2O/c1-22(2)17(24)13-23-11-5-6-14(12-23)9-10-15-7-3-4-8-16(15)18(19,20)21/h3-4,7-8,14H,5-6,9-13H2,1-2H3. The Morgan fingerprint density at radius 2 is 2.00 bits per heavy atom. The van der Waals surface area contributed by atoms with Crippen LogP contribution in [0.2, 0.25) is 0 Å². The van der Waals surface area contributed by atoms with Gasteiger partial charge in [0.2, 0.25) is 5.91 Å². The van der Waals surface area contributed by atoms with Gasteiger partial charge < -0.3 is 4.90 Å². The van der Waals surface area contributed by atoms with Gasteiger partial charge in [-0.2, -0.15) is 13.2 Å². The summed E-state index contributed by atoms with van der Waals surface area (Å²) in [6.07, 6.45) is -1.14. The first kappa shape index (κ1) is 18.8. The van der Waals surface area contributed by atoms with Gasteiger partial charge in [-0.05, 0) is 49.8 Å². The fourth-order valence-corrected chi connectivity index (χ4v) is 3.24. The van der Waals surface area contributed by atoms with Crippen molar-refractivity contribution in [1.82, 2.24) is 9.80 Å². The average molecular weight is 342 g/mol. The number of likely N-dealkylation sites (N-methyl/N-ethyl adjacent to an activating group) is 1. The molecule has 0 aromatic heterocycles. The van der Waals surface area contributed by atoms with Crippen molar-refractivity contribution in [3.05, 3.63) is 35.4 Å². The normalized spacial score (nSPS) is 19.3. The van der Waals surface area contributed by atoms with Crippen LogP contribution in [0.15, 0.2) is 24.3 Å². The minimum Gasteiger partial charge on any atom is -0.348 e. The van der Waals surface area contributed by atoms with Gasteiger partial charge >= 0.3 is 6.18 Å². The molecule has 0 saturated carbocycles. The highest BCUT2D eigenvalue weighted by atomic mass is 19.4. The molecule has 0 spiro atoms. The summed E-state index contributed by atoms with van der Waals surface area (Å²) in [5, 5.41) is 0. The molecule has 0 aliphatic carbocycles. The molecule has 1 saturated heterocycles. The molecule has 1 heterocycles. The predicted octanol–water partition coefficient (Wildman–Crippen LogP) is 3.44. The van der Waals surface area contributed by atoms with E-state index in [0.717, 1.165) is 38.4 Å². The number of alkyl halides is 3. The molecule has 1 aromatic rings. The maximum absolute atomic E-state index is 13.0. The van der Waals surface area contributed by atoms with Crippen molar-refractivity contribution in [2.45, 2.75) is 31.9 Å². The molecule has 0 bridgehead atoms. The van der Waals surface area contributed by atoms with E-state index in [1.165, 1.54) is 6.07 Å². The van der Waals surface area contributed by atoms with Crippen LogP contribution in [0.3, 0.4) is 0 Å². The van der Waals surface area contributed by atoms with Crippen LogP contribution in [0.5, 0.6) is 0 Å². The zero-order chi connectivity index (χ0) is 17.7. The topological polar surface area (TPSA) is 23.6 Å². The molecule has 6 heteroatoms. The number of piperidine rings is 1. The van der Waals surface area contributed by atoms with Crippen molar-refractivity contribution in [2.24, 2.45) is 5.92 Å². The van der Waals surface area contributed by atoms with Crippen molar-refractivity contribution >= 4 is 5.91 Å². The number of hydrogen-bond donors (Lipinski definition) is 0. The third-order valence-corrected chi connectivity index (χ3v) is 4.61. The fourth-order valence-electron chi connectivity index (χ4n) is 3.24. The van der Waals surface area contributed by atoms with Gasteiger partial charge in [0.25, 0.3) is 0 Å². The second kappa shape index (κ2) is 8.01. The minimum atomic E-state index is -4.30. The molecule has 24 heavy (non-hydrogen) atoms. The number of aryl methyl sites for hydroxylation is 1. The molecule has 3 nitrogen and oxygen atoms in total. The van der Waals surface area contributed by atoms with Gasteiger partial charge in [0.1, 0.15) is 0 Å². The van der Waals surface area contributed by atoms with Crippen molar-refractivity contribution in [1.29, 1.82) is 0 Å². The lowest BCUT2D eigenvalue weighted by molar-refractivity contribution is -0.138. The highest BCUT2D eigenvalue weighted by Crippen LogP contribution is 2.33. The lowest BCUT2D eigenvalue weighted by Gasteiger charge is -2.33. The molecule has 1 aliphatic heterocycles. The lowest BCUT2D eigenvalue weighted by Crippen LogP contribution is -2.42. The number of hydrogen-bond acceptors (Lipinski definition) is 2. The summed E-state index contributed by atoms with van der Waals surface area (Å²) >= 11 is 0. The van der Waals surface area contributed by atoms with Gasteiger partial charge in [-0.1, -0.05) is 18.2 Å². The lowest BCUT2D eigenvalue weighted by atomic mass is 9.90. The van der Waals surface area contributed by atoms with Crippen molar-refractivity contribution < 1.29 is 18.0 Å². The summed E-state index contributed by atoms with van der Waals surface area (Å²) in [7, 11) is 3.47. The quantitative estimate of drug-likeness (QED) is 0.818. The summed E-state index contributed by atoms with van der Waals surface area (Å²) in [5.41, 5.74) is -0.160. The molecule has 1 unspecified atom stereocenters. The predicted molar refractivity (Wildman–Crippen MR) is 87.6 cm³/mol. The van der Waals surface area contributed by atoms with Crippen LogP contribution in [0.25, 0.3) is 0 Å². The van der Waals surface area contributed by atoms with E-state index in [0.29, 0.717) is 24.4 Å². The summed E-state index contributed by atoms with van der Waals surface area (Å²) in [6.45, 7) is 2.06. The number of benzene rings is 1. The smallest absolute Gasteiger partial charge is 0.348 e. The molecule has 1 aromatic carbocycles. The fraction of sp³-hybridized carbons (Fsp3) is 0.611. The van der Waals surface area contributed by atoms with Gasteiger partial charge in [-0.15, -0.1) is 0 Å². The molecule has 1 atom stereocenters. The number of rotatable bonds is 5. The Labute approximate surface area is 141 Å². The number of likely N-dealkylation sites (tertiary alicyclic amines) is 1. The van der Waals surface area contributed by atoms with E-state index in [1.807, 2.05) is 0 Å².